The van der Waals surface area contributed by atoms with Crippen molar-refractivity contribution in [3.05, 3.63) is 153 Å². The van der Waals surface area contributed by atoms with E-state index in [1.807, 2.05) is 6.92 Å². The summed E-state index contributed by atoms with van der Waals surface area (Å²) in [6.45, 7) is 3.40. The quantitative estimate of drug-likeness (QED) is 0.0558. The monoisotopic (exact) mass is 1410 g/mol. The lowest BCUT2D eigenvalue weighted by Gasteiger charge is -2.29. The van der Waals surface area contributed by atoms with Crippen molar-refractivity contribution in [2.24, 2.45) is 17.6 Å². The molecule has 10 heterocycles. The van der Waals surface area contributed by atoms with Crippen molar-refractivity contribution in [3.63, 3.8) is 0 Å². The van der Waals surface area contributed by atoms with E-state index < -0.39 is 96.0 Å². The molecular weight excluding hydrogens is 1350 g/mol. The average molecular weight is 1410 g/mol. The van der Waals surface area contributed by atoms with Crippen molar-refractivity contribution in [3.8, 4) is 49.1 Å². The van der Waals surface area contributed by atoms with E-state index in [-0.39, 0.29) is 58.4 Å². The number of aromatic amines is 1. The topological polar surface area (TPSA) is 411 Å². The summed E-state index contributed by atoms with van der Waals surface area (Å²) >= 11 is 6.90. The van der Waals surface area contributed by atoms with Gasteiger partial charge in [-0.25, -0.2) is 40.0 Å². The van der Waals surface area contributed by atoms with E-state index in [0.29, 0.717) is 102 Å². The molecule has 28 nitrogen and oxygen atoms in total. The zero-order chi connectivity index (χ0) is 66.9. The number of primary amides is 1. The molecule has 1 saturated heterocycles. The van der Waals surface area contributed by atoms with Crippen LogP contribution in [0.3, 0.4) is 0 Å². The third kappa shape index (κ3) is 14.1. The van der Waals surface area contributed by atoms with Crippen LogP contribution >= 0.6 is 68.0 Å². The van der Waals surface area contributed by atoms with E-state index >= 15 is 4.79 Å². The number of fused-ring (bicyclic) bond motifs is 16. The average Bonchev–Trinajstić information content (AvgIpc) is 1.63. The first-order valence-electron chi connectivity index (χ1n) is 30.1. The number of carboxylic acid groups (broad SMARTS) is 1. The van der Waals surface area contributed by atoms with Crippen LogP contribution in [0, 0.1) is 18.8 Å². The number of carbonyl (C=O) groups excluding carboxylic acids is 6. The predicted molar refractivity (Wildman–Crippen MR) is 354 cm³/mol. The number of nitrogens with zero attached hydrogens (tertiary/aromatic N) is 11. The zero-order valence-electron chi connectivity index (χ0n) is 50.6. The molecule has 0 spiro atoms. The maximum Gasteiger partial charge on any atom is 0.306 e. The minimum Gasteiger partial charge on any atom is -0.486 e. The second kappa shape index (κ2) is 28.0. The highest BCUT2D eigenvalue weighted by Gasteiger charge is 2.46. The highest BCUT2D eigenvalue weighted by molar-refractivity contribution is 7.15. The third-order valence-electron chi connectivity index (χ3n) is 16.6. The number of aliphatic hydroxyl groups excluding tert-OH is 2. The predicted octanol–water partition coefficient (Wildman–Crippen LogP) is 7.05. The lowest BCUT2D eigenvalue weighted by Crippen LogP contribution is -2.50. The van der Waals surface area contributed by atoms with Gasteiger partial charge in [-0.3, -0.25) is 33.6 Å². The minimum atomic E-state index is -1.43. The number of H-pyrrole nitrogens is 1. The van der Waals surface area contributed by atoms with Crippen LogP contribution in [0.5, 0.6) is 5.75 Å². The van der Waals surface area contributed by atoms with E-state index in [1.54, 1.807) is 89.8 Å². The van der Waals surface area contributed by atoms with E-state index in [2.05, 4.69) is 56.8 Å². The fourth-order valence-electron chi connectivity index (χ4n) is 11.5. The van der Waals surface area contributed by atoms with Gasteiger partial charge in [-0.15, -0.1) is 73.1 Å². The van der Waals surface area contributed by atoms with Gasteiger partial charge in [0.05, 0.1) is 36.2 Å². The first kappa shape index (κ1) is 65.1. The van der Waals surface area contributed by atoms with Gasteiger partial charge in [0.15, 0.2) is 5.82 Å². The van der Waals surface area contributed by atoms with Gasteiger partial charge in [0, 0.05) is 62.3 Å². The van der Waals surface area contributed by atoms with Crippen LogP contribution in [0.2, 0.25) is 0 Å². The second-order valence-electron chi connectivity index (χ2n) is 23.0. The minimum absolute atomic E-state index is 0.0339. The van der Waals surface area contributed by atoms with Gasteiger partial charge in [-0.05, 0) is 78.4 Å². The molecule has 34 heteroatoms. The first-order chi connectivity index (χ1) is 46.4. The molecule has 1 saturated carbocycles. The van der Waals surface area contributed by atoms with Crippen LogP contribution in [0.1, 0.15) is 142 Å². The molecule has 6 amide bonds. The summed E-state index contributed by atoms with van der Waals surface area (Å²) in [6.07, 6.45) is -0.931. The SMILES string of the molecule is Cc1sc2nc1C(=O)N[C@@H]([C@H](O)c1ccccc1)c1nc(cs1)C(=O)N[C@@H](Cc1ccc(OCc3nnn[nH]3)cc1)C(=O)N1C[C@H](O)[C@H](C)[C@H]1c1nc(cs1)-c1nc(cs1)-c1nc(-c3nc(C(=O)N[C@H]4CC[C@H](C(=O)O)CC4)cs3)ccc1-c1nc(cs1)C(=O)N[C@H]2CC(N)=O. The van der Waals surface area contributed by atoms with E-state index in [1.165, 1.54) is 49.7 Å². The van der Waals surface area contributed by atoms with Crippen molar-refractivity contribution >= 4 is 109 Å². The molecule has 96 heavy (non-hydrogen) atoms. The van der Waals surface area contributed by atoms with Gasteiger partial charge in [0.25, 0.3) is 23.6 Å². The lowest BCUT2D eigenvalue weighted by molar-refractivity contribution is -0.143. The Morgan fingerprint density at radius 2 is 1.39 bits per heavy atom. The molecule has 3 aliphatic rings. The van der Waals surface area contributed by atoms with Crippen molar-refractivity contribution in [1.82, 2.24) is 81.7 Å². The van der Waals surface area contributed by atoms with Gasteiger partial charge in [0.2, 0.25) is 11.8 Å². The highest BCUT2D eigenvalue weighted by Crippen LogP contribution is 2.43. The fraction of sp³-hybridized carbons (Fsp3) is 0.306. The summed E-state index contributed by atoms with van der Waals surface area (Å²) in [6, 6.07) is 14.2. The van der Waals surface area contributed by atoms with Gasteiger partial charge in [-0.1, -0.05) is 49.4 Å². The van der Waals surface area contributed by atoms with Gasteiger partial charge < -0.3 is 52.0 Å². The summed E-state index contributed by atoms with van der Waals surface area (Å²) in [5.74, 6) is -4.88. The number of ether oxygens (including phenoxy) is 1. The number of amides is 6. The van der Waals surface area contributed by atoms with Crippen LogP contribution in [-0.4, -0.2) is 142 Å². The normalized spacial score (nSPS) is 21.1. The van der Waals surface area contributed by atoms with Crippen LogP contribution in [0.25, 0.3) is 43.4 Å². The summed E-state index contributed by atoms with van der Waals surface area (Å²) in [4.78, 5) is 133. The maximum absolute atomic E-state index is 15.4. The van der Waals surface area contributed by atoms with Crippen LogP contribution in [0.15, 0.2) is 93.6 Å². The number of hydrogen-bond acceptors (Lipinski definition) is 26. The molecule has 13 rings (SSSR count). The number of benzene rings is 2. The molecule has 0 unspecified atom stereocenters. The zero-order valence-corrected chi connectivity index (χ0v) is 55.5. The second-order valence-corrected chi connectivity index (χ2v) is 28.6. The molecule has 8 aromatic heterocycles. The molecule has 10 N–H and O–H groups in total. The molecular formula is C62H57N17O11S6. The van der Waals surface area contributed by atoms with Gasteiger partial charge in [-0.2, -0.15) is 0 Å². The number of aromatic nitrogens is 11. The molecule has 10 aromatic rings. The number of carboxylic acids is 1. The number of rotatable bonds is 13. The molecule has 0 radical (unpaired) electrons. The highest BCUT2D eigenvalue weighted by atomic mass is 32.1. The van der Waals surface area contributed by atoms with Crippen LogP contribution in [-0.2, 0) is 27.4 Å². The van der Waals surface area contributed by atoms with E-state index in [9.17, 15) is 44.1 Å². The van der Waals surface area contributed by atoms with Crippen LogP contribution < -0.4 is 31.7 Å². The number of nitrogens with two attached hydrogens (primary N) is 1. The number of aliphatic carboxylic acids is 1. The summed E-state index contributed by atoms with van der Waals surface area (Å²) in [7, 11) is 0. The Morgan fingerprint density at radius 1 is 0.708 bits per heavy atom. The largest absolute Gasteiger partial charge is 0.486 e. The number of pyridine rings is 1. The smallest absolute Gasteiger partial charge is 0.306 e. The Bertz CT molecular complexity index is 4540. The van der Waals surface area contributed by atoms with E-state index in [4.69, 9.17) is 30.4 Å². The molecule has 2 aromatic carbocycles. The van der Waals surface area contributed by atoms with Gasteiger partial charge in [0.1, 0.15) is 100 Å². The number of aliphatic hydroxyl groups is 2. The van der Waals surface area contributed by atoms with Crippen molar-refractivity contribution < 1.29 is 53.6 Å². The summed E-state index contributed by atoms with van der Waals surface area (Å²) in [5, 5.41) is 68.8. The fourth-order valence-corrected chi connectivity index (χ4v) is 16.8. The first-order valence-corrected chi connectivity index (χ1v) is 35.3. The Labute approximate surface area is 568 Å². The Balaban J connectivity index is 0.874. The molecule has 7 atom stereocenters. The number of hydrogen-bond donors (Lipinski definition) is 9. The van der Waals surface area contributed by atoms with Crippen molar-refractivity contribution in [1.29, 1.82) is 0 Å². The molecule has 2 fully saturated rings. The van der Waals surface area contributed by atoms with Gasteiger partial charge >= 0.3 is 5.97 Å². The Morgan fingerprint density at radius 3 is 2.14 bits per heavy atom. The number of aryl methyl sites for hydroxylation is 1. The van der Waals surface area contributed by atoms with Crippen LogP contribution in [0.4, 0.5) is 0 Å². The standard InChI is InChI=1S/C62H57N17O11S6/c1-27-43(80)20-79-49(27)60-72-42(26-95-60)57-68-38(22-92-57)47-34(16-17-35(65-47)56-70-39(24-93-56)51(83)64-32-12-10-31(11-13-32)62(88)89)55-69-40(23-91-55)52(84)66-36(19-44(63)81)58-74-46(28(2)96-58)54(86)73-48(50(82)30-6-4-3-5-7-30)59-71-41(25-94-59)53(85)67-37(61(79)87)18-29-8-14-33(15-9-29)90-21-45-75-77-78-76-45/h3-9,14-17,22-27,31-32,36-37,43,48-50,80,82H,10-13,18-21H2,1-2H3,(H2,63,81)(H,64,83)(H,66,84)(H,67,85)(H,73,86)(H,88,89)(H,75,76,77,78)/t27-,31-,32-,36-,37-,43-,48-,49-,50+/m0/s1. The molecule has 10 bridgehead atoms. The summed E-state index contributed by atoms with van der Waals surface area (Å²) in [5.41, 5.74) is 8.74. The van der Waals surface area contributed by atoms with Crippen molar-refractivity contribution in [2.45, 2.75) is 101 Å². The van der Waals surface area contributed by atoms with E-state index in [0.717, 1.165) is 34.0 Å². The van der Waals surface area contributed by atoms with Crippen molar-refractivity contribution in [2.75, 3.05) is 6.54 Å². The Kier molecular flexibility index (Phi) is 19.0. The molecule has 492 valence electrons. The summed E-state index contributed by atoms with van der Waals surface area (Å²) < 4.78 is 5.87. The number of tetrazole rings is 1. The Hall–Kier alpha value is -9.55. The number of thiazole rings is 6. The lowest BCUT2D eigenvalue weighted by atomic mass is 9.86. The number of carbonyl (C=O) groups is 7. The third-order valence-corrected chi connectivity index (χ3v) is 22.1. The maximum atomic E-state index is 15.4. The number of nitrogens with one attached hydrogen (secondary N) is 5. The molecule has 1 aliphatic carbocycles. The molecule has 2 aliphatic heterocycles.